The van der Waals surface area contributed by atoms with Crippen LogP contribution in [0, 0.1) is 28.6 Å². The van der Waals surface area contributed by atoms with Gasteiger partial charge in [-0.05, 0) is 69.1 Å². The Morgan fingerprint density at radius 3 is 2.57 bits per heavy atom. The second-order valence-electron chi connectivity index (χ2n) is 16.1. The minimum atomic E-state index is -1.51. The molecule has 6 rings (SSSR count). The topological polar surface area (TPSA) is 175 Å². The summed E-state index contributed by atoms with van der Waals surface area (Å²) >= 11 is 0. The molecular formula is C37H49FN2O11S2. The fraction of sp³-hybridized carbons (Fsp3) is 0.730. The van der Waals surface area contributed by atoms with E-state index in [1.54, 1.807) is 6.08 Å². The molecule has 4 aliphatic carbocycles. The van der Waals surface area contributed by atoms with Gasteiger partial charge in [-0.15, -0.1) is 5.06 Å². The summed E-state index contributed by atoms with van der Waals surface area (Å²) < 4.78 is 33.7. The van der Waals surface area contributed by atoms with E-state index in [1.807, 2.05) is 34.6 Å². The molecule has 3 amide bonds. The third kappa shape index (κ3) is 7.22. The molecule has 53 heavy (non-hydrogen) atoms. The van der Waals surface area contributed by atoms with Gasteiger partial charge in [0.15, 0.2) is 24.3 Å². The van der Waals surface area contributed by atoms with Gasteiger partial charge in [0, 0.05) is 46.6 Å². The Morgan fingerprint density at radius 2 is 1.87 bits per heavy atom. The van der Waals surface area contributed by atoms with Gasteiger partial charge < -0.3 is 29.5 Å². The Morgan fingerprint density at radius 1 is 1.15 bits per heavy atom. The van der Waals surface area contributed by atoms with E-state index in [0.29, 0.717) is 29.2 Å². The SMILES string of the molecule is CCCC1O[C@@H]2CC3[C@@H]4C[C@H](F)C5=CC(=O)C=C[C@]5(C)C4[C@@H](O)C[C@]3(C)[C@]2(C(=O)COC(=O)NCCSSC(C)(C)CC(=O)ON2C(=O)CCC2=O)O1. The largest absolute Gasteiger partial charge is 0.441 e. The Labute approximate surface area is 316 Å². The molecule has 2 aliphatic heterocycles. The lowest BCUT2D eigenvalue weighted by molar-refractivity contribution is -0.202. The van der Waals surface area contributed by atoms with Gasteiger partial charge >= 0.3 is 12.1 Å². The molecule has 2 N–H and O–H groups in total. The number of imide groups is 1. The number of Topliss-reactive ketones (excluding diaryl/α,β-unsaturated/α-hetero) is 1. The number of fused-ring (bicyclic) bond motifs is 7. The van der Waals surface area contributed by atoms with Crippen molar-refractivity contribution in [1.29, 1.82) is 0 Å². The van der Waals surface area contributed by atoms with Crippen molar-refractivity contribution in [3.8, 4) is 0 Å². The van der Waals surface area contributed by atoms with Gasteiger partial charge in [0.1, 0.15) is 6.17 Å². The average molecular weight is 781 g/mol. The molecule has 6 aliphatic rings. The molecule has 5 fully saturated rings. The Kier molecular flexibility index (Phi) is 11.3. The minimum Gasteiger partial charge on any atom is -0.441 e. The van der Waals surface area contributed by atoms with Gasteiger partial charge in [0.2, 0.25) is 5.78 Å². The number of alkyl carbamates (subject to hydrolysis) is 1. The zero-order valence-corrected chi connectivity index (χ0v) is 32.4. The number of nitrogens with one attached hydrogen (secondary N) is 1. The highest BCUT2D eigenvalue weighted by molar-refractivity contribution is 8.77. The lowest BCUT2D eigenvalue weighted by Crippen LogP contribution is -2.64. The van der Waals surface area contributed by atoms with Crippen molar-refractivity contribution in [2.45, 2.75) is 121 Å². The molecule has 10 atom stereocenters. The molecule has 292 valence electrons. The van der Waals surface area contributed by atoms with Crippen LogP contribution in [0.25, 0.3) is 0 Å². The standard InChI is InChI=1S/C37H49FN2O11S2/c1-6-7-31-49-27-16-22-21-15-24(38)23-14-20(41)10-11-35(23,4)32(21)25(42)17-36(22,5)37(27,50-31)26(43)19-48-33(47)39-12-13-52-53-34(2,3)18-30(46)51-40-28(44)8-9-29(40)45/h10-11,14,21-22,24-25,27,31-32,42H,6-9,12-13,15-19H2,1-5H3,(H,39,47)/t21-,22?,24-,25-,27+,31?,32?,35-,36-,37+/m0/s1. The van der Waals surface area contributed by atoms with Crippen LogP contribution in [0.15, 0.2) is 23.8 Å². The molecule has 2 saturated heterocycles. The summed E-state index contributed by atoms with van der Waals surface area (Å²) in [5.41, 5.74) is -2.92. The number of aliphatic hydroxyl groups is 1. The van der Waals surface area contributed by atoms with Crippen molar-refractivity contribution in [2.24, 2.45) is 28.6 Å². The number of carbonyl (C=O) groups excluding carboxylic acids is 6. The van der Waals surface area contributed by atoms with Crippen LogP contribution in [-0.2, 0) is 43.0 Å². The monoisotopic (exact) mass is 780 g/mol. The molecule has 2 heterocycles. The number of amides is 3. The van der Waals surface area contributed by atoms with Crippen LogP contribution in [0.4, 0.5) is 9.18 Å². The van der Waals surface area contributed by atoms with Crippen molar-refractivity contribution in [3.63, 3.8) is 0 Å². The maximum atomic E-state index is 15.9. The number of alkyl halides is 1. The van der Waals surface area contributed by atoms with Crippen LogP contribution in [0.2, 0.25) is 0 Å². The average Bonchev–Trinajstić information content (AvgIpc) is 3.68. The van der Waals surface area contributed by atoms with E-state index in [0.717, 1.165) is 6.42 Å². The number of hydrogen-bond acceptors (Lipinski definition) is 13. The summed E-state index contributed by atoms with van der Waals surface area (Å²) in [7, 11) is 2.77. The third-order valence-corrected chi connectivity index (χ3v) is 15.3. The molecule has 3 saturated carbocycles. The summed E-state index contributed by atoms with van der Waals surface area (Å²) in [6, 6.07) is 0. The minimum absolute atomic E-state index is 0.0154. The number of hydrogen-bond donors (Lipinski definition) is 2. The molecule has 3 unspecified atom stereocenters. The highest BCUT2D eigenvalue weighted by Crippen LogP contribution is 2.70. The maximum absolute atomic E-state index is 15.9. The van der Waals surface area contributed by atoms with Crippen LogP contribution in [-0.4, -0.2) is 99.5 Å². The zero-order valence-electron chi connectivity index (χ0n) is 30.7. The van der Waals surface area contributed by atoms with Gasteiger partial charge in [-0.3, -0.25) is 19.2 Å². The fourth-order valence-corrected chi connectivity index (χ4v) is 12.3. The number of aliphatic hydroxyl groups excluding tert-OH is 1. The van der Waals surface area contributed by atoms with Crippen LogP contribution in [0.1, 0.15) is 86.0 Å². The second-order valence-corrected chi connectivity index (χ2v) is 19.2. The zero-order chi connectivity index (χ0) is 38.5. The van der Waals surface area contributed by atoms with E-state index in [-0.39, 0.29) is 62.2 Å². The summed E-state index contributed by atoms with van der Waals surface area (Å²) in [6.07, 6.45) is 2.09. The van der Waals surface area contributed by atoms with Crippen molar-refractivity contribution in [1.82, 2.24) is 10.4 Å². The second kappa shape index (κ2) is 15.0. The van der Waals surface area contributed by atoms with Crippen LogP contribution >= 0.6 is 21.6 Å². The summed E-state index contributed by atoms with van der Waals surface area (Å²) in [4.78, 5) is 80.1. The first kappa shape index (κ1) is 39.9. The third-order valence-electron chi connectivity index (χ3n) is 12.1. The van der Waals surface area contributed by atoms with E-state index in [2.05, 4.69) is 5.32 Å². The van der Waals surface area contributed by atoms with Crippen molar-refractivity contribution in [3.05, 3.63) is 23.8 Å². The predicted octanol–water partition coefficient (Wildman–Crippen LogP) is 4.56. The first-order valence-corrected chi connectivity index (χ1v) is 20.7. The molecule has 16 heteroatoms. The van der Waals surface area contributed by atoms with Gasteiger partial charge in [-0.1, -0.05) is 54.9 Å². The maximum Gasteiger partial charge on any atom is 0.407 e. The highest BCUT2D eigenvalue weighted by Gasteiger charge is 2.76. The number of allylic oxidation sites excluding steroid dienone is 4. The Bertz CT molecular complexity index is 1590. The number of halogens is 1. The lowest BCUT2D eigenvalue weighted by Gasteiger charge is -2.60. The van der Waals surface area contributed by atoms with Crippen LogP contribution in [0.3, 0.4) is 0 Å². The van der Waals surface area contributed by atoms with E-state index in [9.17, 15) is 33.9 Å². The van der Waals surface area contributed by atoms with E-state index >= 15 is 4.39 Å². The van der Waals surface area contributed by atoms with Crippen LogP contribution in [0.5, 0.6) is 0 Å². The smallest absolute Gasteiger partial charge is 0.407 e. The number of hydroxylamine groups is 2. The van der Waals surface area contributed by atoms with Gasteiger partial charge in [0.25, 0.3) is 11.8 Å². The number of ether oxygens (including phenoxy) is 3. The molecule has 0 spiro atoms. The first-order chi connectivity index (χ1) is 25.0. The summed E-state index contributed by atoms with van der Waals surface area (Å²) in [6.45, 7) is 9.01. The van der Waals surface area contributed by atoms with Crippen molar-refractivity contribution in [2.75, 3.05) is 18.9 Å². The van der Waals surface area contributed by atoms with Gasteiger partial charge in [0.05, 0.1) is 18.6 Å². The normalized spacial score (nSPS) is 37.4. The molecule has 0 aromatic heterocycles. The quantitative estimate of drug-likeness (QED) is 0.151. The van der Waals surface area contributed by atoms with E-state index in [4.69, 9.17) is 19.0 Å². The van der Waals surface area contributed by atoms with E-state index < -0.39 is 82.1 Å². The fourth-order valence-electron chi connectivity index (χ4n) is 9.87. The predicted molar refractivity (Wildman–Crippen MR) is 191 cm³/mol. The number of ketones is 2. The Hall–Kier alpha value is -2.79. The van der Waals surface area contributed by atoms with Crippen molar-refractivity contribution < 1.29 is 57.3 Å². The molecule has 0 radical (unpaired) electrons. The summed E-state index contributed by atoms with van der Waals surface area (Å²) in [5, 5.41) is 15.0. The van der Waals surface area contributed by atoms with Gasteiger partial charge in [-0.2, -0.15) is 0 Å². The lowest BCUT2D eigenvalue weighted by atomic mass is 9.46. The number of carbonyl (C=O) groups is 6. The van der Waals surface area contributed by atoms with Crippen LogP contribution < -0.4 is 5.32 Å². The molecule has 0 aromatic carbocycles. The highest BCUT2D eigenvalue weighted by atomic mass is 33.1. The molecule has 0 bridgehead atoms. The molecule has 13 nitrogen and oxygen atoms in total. The molecular weight excluding hydrogens is 732 g/mol. The van der Waals surface area contributed by atoms with Crippen molar-refractivity contribution >= 4 is 57.0 Å². The molecule has 0 aromatic rings. The number of nitrogens with zero attached hydrogens (tertiary/aromatic N) is 1. The van der Waals surface area contributed by atoms with Gasteiger partial charge in [-0.25, -0.2) is 14.0 Å². The Balaban J connectivity index is 1.05. The number of rotatable bonds is 13. The first-order valence-electron chi connectivity index (χ1n) is 18.4. The summed E-state index contributed by atoms with van der Waals surface area (Å²) in [5.74, 6) is -3.02. The van der Waals surface area contributed by atoms with E-state index in [1.165, 1.54) is 33.7 Å².